The normalized spacial score (nSPS) is 55.0. The summed E-state index contributed by atoms with van der Waals surface area (Å²) >= 11 is 0. The monoisotopic (exact) mass is 348 g/mol. The Morgan fingerprint density at radius 3 is 2.56 bits per heavy atom. The zero-order valence-corrected chi connectivity index (χ0v) is 15.6. The fraction of sp³-hybridized carbons (Fsp3) is 0.857. The van der Waals surface area contributed by atoms with E-state index in [4.69, 9.17) is 0 Å². The summed E-state index contributed by atoms with van der Waals surface area (Å²) in [5, 5.41) is 32.3. The first-order valence-electron chi connectivity index (χ1n) is 9.94. The lowest BCUT2D eigenvalue weighted by atomic mass is 9.46. The minimum atomic E-state index is -0.580. The van der Waals surface area contributed by atoms with Crippen LogP contribution in [0.1, 0.15) is 59.3 Å². The van der Waals surface area contributed by atoms with E-state index in [1.54, 1.807) is 6.92 Å². The summed E-state index contributed by atoms with van der Waals surface area (Å²) in [6.07, 6.45) is 5.31. The number of fused-ring (bicyclic) bond motifs is 5. The van der Waals surface area contributed by atoms with Crippen LogP contribution < -0.4 is 0 Å². The van der Waals surface area contributed by atoms with Gasteiger partial charge in [-0.15, -0.1) is 0 Å². The molecule has 25 heavy (non-hydrogen) atoms. The Bertz CT molecular complexity index is 613. The molecule has 0 radical (unpaired) electrons. The first-order valence-corrected chi connectivity index (χ1v) is 9.94. The van der Waals surface area contributed by atoms with Gasteiger partial charge in [0.15, 0.2) is 0 Å². The third-order valence-electron chi connectivity index (χ3n) is 8.53. The highest BCUT2D eigenvalue weighted by Crippen LogP contribution is 2.66. The molecule has 4 rings (SSSR count). The average Bonchev–Trinajstić information content (AvgIpc) is 2.85. The van der Waals surface area contributed by atoms with E-state index in [0.29, 0.717) is 12.8 Å². The summed E-state index contributed by atoms with van der Waals surface area (Å²) in [6.45, 7) is 6.06. The van der Waals surface area contributed by atoms with Crippen LogP contribution in [0.15, 0.2) is 11.6 Å². The highest BCUT2D eigenvalue weighted by Gasteiger charge is 2.64. The molecule has 0 aliphatic heterocycles. The van der Waals surface area contributed by atoms with Crippen molar-refractivity contribution in [2.75, 3.05) is 0 Å². The number of rotatable bonds is 1. The van der Waals surface area contributed by atoms with Crippen molar-refractivity contribution in [2.45, 2.75) is 77.6 Å². The summed E-state index contributed by atoms with van der Waals surface area (Å²) in [5.74, 6) is 0.558. The maximum atomic E-state index is 12.2. The summed E-state index contributed by atoms with van der Waals surface area (Å²) in [4.78, 5) is 12.2. The van der Waals surface area contributed by atoms with Crippen LogP contribution in [0.25, 0.3) is 0 Å². The average molecular weight is 348 g/mol. The standard InChI is InChI=1S/C21H32O4/c1-11(22)14-4-5-15-18-16(24)9-12-8-13(23)6-7-20(12,2)19(18)17(25)10-21(14,15)3/h9,13-19,23-25H,4-8,10H2,1-3H3/t13-,14+,15-,16?,17+,18+,19-,20-,21+/m0/s1. The number of ketones is 1. The van der Waals surface area contributed by atoms with Crippen molar-refractivity contribution in [1.29, 1.82) is 0 Å². The molecular weight excluding hydrogens is 316 g/mol. The lowest BCUT2D eigenvalue weighted by Gasteiger charge is -2.60. The van der Waals surface area contributed by atoms with Crippen molar-refractivity contribution >= 4 is 5.78 Å². The van der Waals surface area contributed by atoms with Crippen LogP contribution in [-0.2, 0) is 4.79 Å². The molecule has 9 atom stereocenters. The smallest absolute Gasteiger partial charge is 0.133 e. The van der Waals surface area contributed by atoms with Gasteiger partial charge in [-0.1, -0.05) is 25.5 Å². The molecule has 0 aromatic rings. The molecule has 0 aromatic carbocycles. The Morgan fingerprint density at radius 1 is 1.16 bits per heavy atom. The predicted octanol–water partition coefficient (Wildman–Crippen LogP) is 2.46. The Morgan fingerprint density at radius 2 is 1.88 bits per heavy atom. The Kier molecular flexibility index (Phi) is 3.99. The third kappa shape index (κ3) is 2.33. The highest BCUT2D eigenvalue weighted by molar-refractivity contribution is 5.79. The maximum absolute atomic E-state index is 12.2. The molecule has 0 bridgehead atoms. The zero-order chi connectivity index (χ0) is 18.1. The Balaban J connectivity index is 1.77. The minimum Gasteiger partial charge on any atom is -0.393 e. The van der Waals surface area contributed by atoms with E-state index >= 15 is 0 Å². The quantitative estimate of drug-likeness (QED) is 0.636. The lowest BCUT2D eigenvalue weighted by molar-refractivity contribution is -0.157. The van der Waals surface area contributed by atoms with Crippen molar-refractivity contribution in [3.05, 3.63) is 11.6 Å². The first kappa shape index (κ1) is 17.7. The molecular formula is C21H32O4. The number of aliphatic hydroxyl groups excluding tert-OH is 3. The lowest BCUT2D eigenvalue weighted by Crippen LogP contribution is -2.60. The fourth-order valence-electron chi connectivity index (χ4n) is 7.41. The molecule has 0 spiro atoms. The summed E-state index contributed by atoms with van der Waals surface area (Å²) < 4.78 is 0. The SMILES string of the molecule is CC(=O)[C@H]1CC[C@H]2[C@@H]3C(O)C=C4C[C@@H](O)CC[C@]4(C)[C@H]3[C@H](O)C[C@]12C. The second-order valence-electron chi connectivity index (χ2n) is 9.72. The maximum Gasteiger partial charge on any atom is 0.133 e. The largest absolute Gasteiger partial charge is 0.393 e. The molecule has 0 aromatic heterocycles. The van der Waals surface area contributed by atoms with Gasteiger partial charge in [0.1, 0.15) is 5.78 Å². The number of aliphatic hydroxyl groups is 3. The molecule has 3 fully saturated rings. The summed E-state index contributed by atoms with van der Waals surface area (Å²) in [5.41, 5.74) is 0.783. The van der Waals surface area contributed by atoms with Crippen molar-refractivity contribution in [2.24, 2.45) is 34.5 Å². The van der Waals surface area contributed by atoms with E-state index in [0.717, 1.165) is 31.3 Å². The molecule has 0 saturated heterocycles. The molecule has 140 valence electrons. The molecule has 3 N–H and O–H groups in total. The van der Waals surface area contributed by atoms with Gasteiger partial charge in [-0.25, -0.2) is 0 Å². The van der Waals surface area contributed by atoms with Crippen LogP contribution in [-0.4, -0.2) is 39.4 Å². The predicted molar refractivity (Wildman–Crippen MR) is 94.7 cm³/mol. The number of hydrogen-bond acceptors (Lipinski definition) is 4. The molecule has 0 amide bonds. The van der Waals surface area contributed by atoms with Crippen LogP contribution in [0.4, 0.5) is 0 Å². The van der Waals surface area contributed by atoms with Gasteiger partial charge in [-0.3, -0.25) is 4.79 Å². The minimum absolute atomic E-state index is 0.00617. The highest BCUT2D eigenvalue weighted by atomic mass is 16.3. The van der Waals surface area contributed by atoms with Crippen molar-refractivity contribution in [1.82, 2.24) is 0 Å². The van der Waals surface area contributed by atoms with Crippen molar-refractivity contribution in [3.8, 4) is 0 Å². The number of hydrogen-bond donors (Lipinski definition) is 3. The van der Waals surface area contributed by atoms with E-state index < -0.39 is 12.2 Å². The Labute approximate surface area is 150 Å². The molecule has 1 unspecified atom stereocenters. The zero-order valence-electron chi connectivity index (χ0n) is 15.6. The van der Waals surface area contributed by atoms with Crippen LogP contribution in [0.5, 0.6) is 0 Å². The van der Waals surface area contributed by atoms with E-state index in [-0.39, 0.29) is 46.4 Å². The van der Waals surface area contributed by atoms with Crippen LogP contribution >= 0.6 is 0 Å². The Hall–Kier alpha value is -0.710. The van der Waals surface area contributed by atoms with Crippen LogP contribution in [0, 0.1) is 34.5 Å². The van der Waals surface area contributed by atoms with Crippen molar-refractivity contribution in [3.63, 3.8) is 0 Å². The summed E-state index contributed by atoms with van der Waals surface area (Å²) in [6, 6.07) is 0. The van der Waals surface area contributed by atoms with Crippen molar-refractivity contribution < 1.29 is 20.1 Å². The van der Waals surface area contributed by atoms with E-state index in [1.165, 1.54) is 0 Å². The topological polar surface area (TPSA) is 77.8 Å². The summed E-state index contributed by atoms with van der Waals surface area (Å²) in [7, 11) is 0. The molecule has 3 saturated carbocycles. The van der Waals surface area contributed by atoms with Gasteiger partial charge in [0.2, 0.25) is 0 Å². The van der Waals surface area contributed by atoms with E-state index in [1.807, 2.05) is 6.08 Å². The fourth-order valence-corrected chi connectivity index (χ4v) is 7.41. The van der Waals surface area contributed by atoms with Gasteiger partial charge >= 0.3 is 0 Å². The van der Waals surface area contributed by atoms with Gasteiger partial charge in [-0.2, -0.15) is 0 Å². The van der Waals surface area contributed by atoms with Gasteiger partial charge < -0.3 is 15.3 Å². The molecule has 4 nitrogen and oxygen atoms in total. The van der Waals surface area contributed by atoms with Gasteiger partial charge in [0.05, 0.1) is 18.3 Å². The third-order valence-corrected chi connectivity index (χ3v) is 8.53. The van der Waals surface area contributed by atoms with Crippen LogP contribution in [0.2, 0.25) is 0 Å². The first-order chi connectivity index (χ1) is 11.7. The second kappa shape index (κ2) is 5.64. The number of Topliss-reactive ketones (excluding diaryl/α,β-unsaturated/α-hetero) is 1. The second-order valence-corrected chi connectivity index (χ2v) is 9.72. The number of carbonyl (C=O) groups is 1. The molecule has 0 heterocycles. The molecule has 4 aliphatic carbocycles. The van der Waals surface area contributed by atoms with Crippen LogP contribution in [0.3, 0.4) is 0 Å². The van der Waals surface area contributed by atoms with Gasteiger partial charge in [-0.05, 0) is 74.0 Å². The van der Waals surface area contributed by atoms with Gasteiger partial charge in [0.25, 0.3) is 0 Å². The van der Waals surface area contributed by atoms with E-state index in [9.17, 15) is 20.1 Å². The van der Waals surface area contributed by atoms with E-state index in [2.05, 4.69) is 13.8 Å². The number of carbonyl (C=O) groups excluding carboxylic acids is 1. The molecule has 4 aliphatic rings. The van der Waals surface area contributed by atoms with Gasteiger partial charge in [0, 0.05) is 5.92 Å². The molecule has 4 heteroatoms.